The molecule has 10 atom stereocenters. The van der Waals surface area contributed by atoms with Crippen LogP contribution in [0.15, 0.2) is 126 Å². The lowest BCUT2D eigenvalue weighted by atomic mass is 9.99. The molecule has 22 N–H and O–H groups in total. The Bertz CT molecular complexity index is 3960. The summed E-state index contributed by atoms with van der Waals surface area (Å²) in [4.78, 5) is 199. The Morgan fingerprint density at radius 1 is 0.524 bits per heavy atom. The number of nitrogens with one attached hydrogen (secondary N) is 10. The number of aliphatic imine (C=N–C) groups is 2. The number of likely N-dealkylation sites (tertiary alicyclic amines) is 1. The quantitative estimate of drug-likeness (QED) is 0.0113. The van der Waals surface area contributed by atoms with Gasteiger partial charge in [-0.25, -0.2) is 0 Å². The van der Waals surface area contributed by atoms with Crippen molar-refractivity contribution < 1.29 is 62.3 Å². The zero-order chi connectivity index (χ0) is 76.9. The highest BCUT2D eigenvalue weighted by atomic mass is 35.5. The van der Waals surface area contributed by atoms with E-state index in [1.807, 2.05) is 42.5 Å². The van der Waals surface area contributed by atoms with Crippen molar-refractivity contribution in [2.75, 3.05) is 26.2 Å². The summed E-state index contributed by atoms with van der Waals surface area (Å²) in [6, 6.07) is 10.6. The molecule has 13 amide bonds. The van der Waals surface area contributed by atoms with Crippen LogP contribution >= 0.6 is 11.6 Å². The van der Waals surface area contributed by atoms with Gasteiger partial charge < -0.3 is 92.5 Å². The second-order valence-electron chi connectivity index (χ2n) is 25.5. The second kappa shape index (κ2) is 40.7. The Labute approximate surface area is 610 Å². The molecule has 0 unspecified atom stereocenters. The third kappa shape index (κ3) is 26.8. The summed E-state index contributed by atoms with van der Waals surface area (Å²) in [6.07, 6.45) is 4.77. The maximum Gasteiger partial charge on any atom is 0.247 e. The molecule has 1 fully saturated rings. The molecular formula is C70H92ClN21O13. The Balaban J connectivity index is 1.28. The second-order valence-corrected chi connectivity index (χ2v) is 26.0. The zero-order valence-corrected chi connectivity index (χ0v) is 59.4. The molecule has 3 heterocycles. The van der Waals surface area contributed by atoms with Crippen molar-refractivity contribution in [3.63, 3.8) is 0 Å². The average molecular weight is 1470 g/mol. The number of rotatable bonds is 39. The van der Waals surface area contributed by atoms with E-state index in [9.17, 15) is 62.3 Å². The van der Waals surface area contributed by atoms with Gasteiger partial charge in [-0.3, -0.25) is 82.3 Å². The molecule has 105 heavy (non-hydrogen) atoms. The van der Waals surface area contributed by atoms with Gasteiger partial charge in [0.25, 0.3) is 0 Å². The Hall–Kier alpha value is -11.8. The Morgan fingerprint density at radius 2 is 1.02 bits per heavy atom. The number of nitrogens with two attached hydrogens (primary N) is 6. The van der Waals surface area contributed by atoms with Crippen LogP contribution in [0.5, 0.6) is 0 Å². The summed E-state index contributed by atoms with van der Waals surface area (Å²) in [5, 5.41) is 28.6. The van der Waals surface area contributed by atoms with E-state index in [0.717, 1.165) is 17.7 Å². The van der Waals surface area contributed by atoms with E-state index in [1.54, 1.807) is 38.1 Å². The zero-order valence-electron chi connectivity index (χ0n) is 58.6. The van der Waals surface area contributed by atoms with Gasteiger partial charge in [0.05, 0.1) is 6.42 Å². The minimum atomic E-state index is -1.74. The molecule has 3 aromatic carbocycles. The highest BCUT2D eigenvalue weighted by Gasteiger charge is 2.41. The number of pyridine rings is 2. The van der Waals surface area contributed by atoms with Crippen LogP contribution in [0.4, 0.5) is 0 Å². The number of hydrogen-bond donors (Lipinski definition) is 16. The van der Waals surface area contributed by atoms with Crippen molar-refractivity contribution in [3.05, 3.63) is 143 Å². The minimum Gasteiger partial charge on any atom is -0.370 e. The third-order valence-corrected chi connectivity index (χ3v) is 16.9. The van der Waals surface area contributed by atoms with Gasteiger partial charge in [0.15, 0.2) is 11.9 Å². The summed E-state index contributed by atoms with van der Waals surface area (Å²) in [5.74, 6) is -12.2. The van der Waals surface area contributed by atoms with Crippen LogP contribution in [0.25, 0.3) is 10.8 Å². The van der Waals surface area contributed by atoms with Gasteiger partial charge in [0.2, 0.25) is 76.8 Å². The van der Waals surface area contributed by atoms with Gasteiger partial charge in [-0.15, -0.1) is 0 Å². The monoisotopic (exact) mass is 1470 g/mol. The van der Waals surface area contributed by atoms with Crippen molar-refractivity contribution in [1.82, 2.24) is 68.0 Å². The number of hydrogen-bond acceptors (Lipinski definition) is 17. The number of nitrogens with zero attached hydrogens (tertiary/aromatic N) is 5. The summed E-state index contributed by atoms with van der Waals surface area (Å²) in [6.45, 7) is 5.27. The summed E-state index contributed by atoms with van der Waals surface area (Å²) in [7, 11) is 0. The lowest BCUT2D eigenvalue weighted by molar-refractivity contribution is -0.142. The van der Waals surface area contributed by atoms with Crippen LogP contribution in [0.2, 0.25) is 5.02 Å². The smallest absolute Gasteiger partial charge is 0.247 e. The number of aromatic nitrogens is 2. The molecule has 1 saturated heterocycles. The maximum absolute atomic E-state index is 15.0. The number of carbonyl (C=O) groups excluding carboxylic acids is 13. The van der Waals surface area contributed by atoms with Crippen LogP contribution in [0, 0.1) is 5.92 Å². The van der Waals surface area contributed by atoms with Gasteiger partial charge in [-0.2, -0.15) is 0 Å². The number of benzene rings is 3. The standard InChI is InChI=1S/C70H92ClN21O13/c1-38(2)30-51(61(98)85-49(17-10-28-81-70(76)77)68(105)92-29-11-18-55(92)65(102)86-50(59(73)96)34-56(72)95)88-66(103)57(45-14-7-25-78-35-45)90-60(97)48(16-9-27-80-69(74)75)84-64(101)54(37-82-39(3)93)89-67(104)58(46-15-8-26-79-36-46)91-63(100)53(32-41-20-23-47(71)24-21-41)87-62(99)52(83-40(4)94)33-42-19-22-43-12-5-6-13-44(43)31-42/h5-8,12-15,19-26,31,35-36,38,48-55,57-58H,9-11,16-18,27-30,32-34,37H2,1-4H3,(H2,72,95)(H2,73,96)(H,82,93)(H,83,94)(H,84,101)(H,85,98)(H,86,102)(H,87,99)(H,88,103)(H,89,104)(H,90,97)(H,91,100)(H4,74,75,80)(H4,76,77,81)/t48-,49-,50-,51-,52-,53-,54-,55-,57-,58-/m0/s1. The number of amides is 13. The molecule has 562 valence electrons. The van der Waals surface area contributed by atoms with Crippen LogP contribution in [0.1, 0.15) is 113 Å². The molecular weight excluding hydrogens is 1380 g/mol. The van der Waals surface area contributed by atoms with Crippen LogP contribution in [-0.4, -0.2) is 178 Å². The van der Waals surface area contributed by atoms with E-state index in [1.165, 1.54) is 60.9 Å². The Morgan fingerprint density at radius 3 is 1.56 bits per heavy atom. The summed E-state index contributed by atoms with van der Waals surface area (Å²) < 4.78 is 0. The minimum absolute atomic E-state index is 0.00902. The molecule has 1 aliphatic rings. The predicted octanol–water partition coefficient (Wildman–Crippen LogP) is -2.16. The number of carbonyl (C=O) groups is 13. The first-order chi connectivity index (χ1) is 50.0. The lowest BCUT2D eigenvalue weighted by Gasteiger charge is -2.31. The molecule has 0 bridgehead atoms. The fourth-order valence-electron chi connectivity index (χ4n) is 11.5. The van der Waals surface area contributed by atoms with E-state index >= 15 is 0 Å². The molecule has 2 aromatic heterocycles. The van der Waals surface area contributed by atoms with Crippen molar-refractivity contribution in [3.8, 4) is 0 Å². The van der Waals surface area contributed by atoms with E-state index in [0.29, 0.717) is 22.6 Å². The van der Waals surface area contributed by atoms with Crippen molar-refractivity contribution in [1.29, 1.82) is 0 Å². The molecule has 35 heteroatoms. The van der Waals surface area contributed by atoms with Crippen molar-refractivity contribution >= 4 is 111 Å². The number of guanidine groups is 2. The first-order valence-electron chi connectivity index (χ1n) is 33.9. The summed E-state index contributed by atoms with van der Waals surface area (Å²) in [5.41, 5.74) is 34.5. The molecule has 0 spiro atoms. The van der Waals surface area contributed by atoms with Gasteiger partial charge >= 0.3 is 0 Å². The van der Waals surface area contributed by atoms with E-state index in [2.05, 4.69) is 73.1 Å². The number of primary amides is 2. The highest BCUT2D eigenvalue weighted by molar-refractivity contribution is 6.30. The van der Waals surface area contributed by atoms with Crippen LogP contribution in [0.3, 0.4) is 0 Å². The molecule has 6 rings (SSSR count). The number of halogens is 1. The third-order valence-electron chi connectivity index (χ3n) is 16.6. The van der Waals surface area contributed by atoms with Crippen molar-refractivity contribution in [2.45, 2.75) is 152 Å². The predicted molar refractivity (Wildman–Crippen MR) is 388 cm³/mol. The normalized spacial score (nSPS) is 15.0. The van der Waals surface area contributed by atoms with Crippen molar-refractivity contribution in [2.24, 2.45) is 50.3 Å². The van der Waals surface area contributed by atoms with Crippen LogP contribution < -0.4 is 87.6 Å². The van der Waals surface area contributed by atoms with Gasteiger partial charge in [-0.1, -0.05) is 92.2 Å². The largest absolute Gasteiger partial charge is 0.370 e. The summed E-state index contributed by atoms with van der Waals surface area (Å²) >= 11 is 6.24. The van der Waals surface area contributed by atoms with Gasteiger partial charge in [0.1, 0.15) is 60.4 Å². The SMILES string of the molecule is CC(=O)NC[C@H](NC(=O)[C@@H](NC(=O)[C@H](Cc1ccc(Cl)cc1)NC(=O)[C@H](Cc1ccc2ccccc2c1)NC(C)=O)c1cccnc1)C(=O)N[C@@H](CCCN=C(N)N)C(=O)N[C@H](C(=O)N[C@@H](CC(C)C)C(=O)N[C@@H](CCCN=C(N)N)C(=O)N1CCC[C@H]1C(=O)N[C@@H](CC(N)=O)C(N)=O)c1cccnc1. The number of fused-ring (bicyclic) bond motifs is 1. The first kappa shape index (κ1) is 82.1. The first-order valence-corrected chi connectivity index (χ1v) is 34.3. The molecule has 5 aromatic rings. The highest BCUT2D eigenvalue weighted by Crippen LogP contribution is 2.23. The molecule has 0 aliphatic carbocycles. The Kier molecular flexibility index (Phi) is 31.8. The van der Waals surface area contributed by atoms with Crippen LogP contribution in [-0.2, 0) is 75.2 Å². The van der Waals surface area contributed by atoms with E-state index < -0.39 is 150 Å². The molecule has 0 saturated carbocycles. The van der Waals surface area contributed by atoms with E-state index in [4.69, 9.17) is 46.0 Å². The van der Waals surface area contributed by atoms with E-state index in [-0.39, 0.29) is 100.0 Å². The van der Waals surface area contributed by atoms with Gasteiger partial charge in [-0.05, 0) is 97.0 Å². The van der Waals surface area contributed by atoms with Gasteiger partial charge in [0, 0.05) is 93.8 Å². The molecule has 1 aliphatic heterocycles. The lowest BCUT2D eigenvalue weighted by Crippen LogP contribution is -2.60. The fraction of sp³-hybridized carbons (Fsp3) is 0.414. The average Bonchev–Trinajstić information content (AvgIpc) is 1.62. The molecule has 0 radical (unpaired) electrons. The molecule has 34 nitrogen and oxygen atoms in total. The fourth-order valence-corrected chi connectivity index (χ4v) is 11.6. The maximum atomic E-state index is 15.0. The topological polar surface area (TPSA) is 552 Å².